The van der Waals surface area contributed by atoms with E-state index >= 15 is 0 Å². The molecule has 4 aliphatic carbocycles. The maximum Gasteiger partial charge on any atom is 0.257 e. The van der Waals surface area contributed by atoms with E-state index in [4.69, 9.17) is 0 Å². The lowest BCUT2D eigenvalue weighted by atomic mass is 9.49. The summed E-state index contributed by atoms with van der Waals surface area (Å²) in [5, 5.41) is 6.07. The number of rotatable bonds is 4. The molecule has 0 saturated heterocycles. The van der Waals surface area contributed by atoms with Gasteiger partial charge in [0.15, 0.2) is 0 Å². The molecular weight excluding hydrogens is 350 g/mol. The summed E-state index contributed by atoms with van der Waals surface area (Å²) < 4.78 is 0. The highest BCUT2D eigenvalue weighted by molar-refractivity contribution is 6.07. The van der Waals surface area contributed by atoms with Gasteiger partial charge in [0, 0.05) is 12.4 Å². The van der Waals surface area contributed by atoms with Crippen LogP contribution >= 0.6 is 0 Å². The lowest BCUT2D eigenvalue weighted by Gasteiger charge is -2.55. The Morgan fingerprint density at radius 3 is 2.04 bits per heavy atom. The van der Waals surface area contributed by atoms with Gasteiger partial charge in [0.2, 0.25) is 5.91 Å². The summed E-state index contributed by atoms with van der Waals surface area (Å²) in [5.41, 5.74) is 1.56. The number of benzene rings is 1. The number of carbonyl (C=O) groups is 2. The minimum Gasteiger partial charge on any atom is -0.324 e. The van der Waals surface area contributed by atoms with Crippen LogP contribution in [0.4, 0.5) is 11.4 Å². The zero-order valence-electron chi connectivity index (χ0n) is 15.9. The number of amides is 2. The van der Waals surface area contributed by atoms with Crippen LogP contribution in [0.1, 0.15) is 48.9 Å². The van der Waals surface area contributed by atoms with Crippen molar-refractivity contribution < 1.29 is 9.59 Å². The van der Waals surface area contributed by atoms with Crippen LogP contribution < -0.4 is 10.6 Å². The highest BCUT2D eigenvalue weighted by Gasteiger charge is 2.54. The van der Waals surface area contributed by atoms with Crippen molar-refractivity contribution >= 4 is 23.2 Å². The number of nitrogens with one attached hydrogen (secondary N) is 2. The summed E-state index contributed by atoms with van der Waals surface area (Å²) in [6, 6.07) is 10.9. The van der Waals surface area contributed by atoms with Gasteiger partial charge in [-0.05, 0) is 80.5 Å². The molecule has 1 heterocycles. The molecule has 1 aromatic carbocycles. The second-order valence-corrected chi connectivity index (χ2v) is 8.89. The third-order valence-corrected chi connectivity index (χ3v) is 6.87. The van der Waals surface area contributed by atoms with Gasteiger partial charge in [-0.1, -0.05) is 12.1 Å². The quantitative estimate of drug-likeness (QED) is 0.827. The first-order valence-electron chi connectivity index (χ1n) is 10.2. The van der Waals surface area contributed by atoms with Crippen molar-refractivity contribution in [2.75, 3.05) is 10.6 Å². The zero-order chi connectivity index (χ0) is 19.1. The summed E-state index contributed by atoms with van der Waals surface area (Å²) in [4.78, 5) is 29.8. The van der Waals surface area contributed by atoms with Crippen molar-refractivity contribution in [1.29, 1.82) is 0 Å². The molecular formula is C23H25N3O2. The molecule has 2 N–H and O–H groups in total. The van der Waals surface area contributed by atoms with Crippen molar-refractivity contribution in [3.05, 3.63) is 54.4 Å². The second kappa shape index (κ2) is 6.73. The number of pyridine rings is 1. The molecule has 0 atom stereocenters. The van der Waals surface area contributed by atoms with Gasteiger partial charge in [0.25, 0.3) is 5.91 Å². The van der Waals surface area contributed by atoms with Crippen molar-refractivity contribution in [2.24, 2.45) is 23.2 Å². The number of nitrogens with zero attached hydrogens (tertiary/aromatic N) is 1. The lowest BCUT2D eigenvalue weighted by molar-refractivity contribution is -0.140. The summed E-state index contributed by atoms with van der Waals surface area (Å²) in [7, 11) is 0. The Kier molecular flexibility index (Phi) is 4.18. The minimum atomic E-state index is -0.232. The Labute approximate surface area is 164 Å². The molecule has 144 valence electrons. The molecule has 4 saturated carbocycles. The van der Waals surface area contributed by atoms with E-state index in [-0.39, 0.29) is 17.2 Å². The Morgan fingerprint density at radius 2 is 1.46 bits per heavy atom. The van der Waals surface area contributed by atoms with Crippen LogP contribution in [0.15, 0.2) is 48.8 Å². The first-order chi connectivity index (χ1) is 13.6. The number of para-hydroxylation sites is 2. The van der Waals surface area contributed by atoms with Gasteiger partial charge in [-0.15, -0.1) is 0 Å². The predicted octanol–water partition coefficient (Wildman–Crippen LogP) is 4.49. The normalized spacial score (nSPS) is 30.1. The van der Waals surface area contributed by atoms with Gasteiger partial charge in [-0.3, -0.25) is 14.6 Å². The van der Waals surface area contributed by atoms with Gasteiger partial charge in [-0.2, -0.15) is 0 Å². The van der Waals surface area contributed by atoms with Crippen LogP contribution in [-0.2, 0) is 4.79 Å². The van der Waals surface area contributed by atoms with E-state index < -0.39 is 0 Å². The highest BCUT2D eigenvalue weighted by Crippen LogP contribution is 2.60. The molecule has 2 aromatic rings. The second-order valence-electron chi connectivity index (χ2n) is 8.89. The maximum atomic E-state index is 13.3. The molecule has 5 nitrogen and oxygen atoms in total. The SMILES string of the molecule is O=C(Nc1ccccc1NC(=O)C12CC3CC(CC(C3)C1)C2)c1cccnc1. The fraction of sp³-hybridized carbons (Fsp3) is 0.435. The van der Waals surface area contributed by atoms with Gasteiger partial charge in [-0.25, -0.2) is 0 Å². The smallest absolute Gasteiger partial charge is 0.257 e. The van der Waals surface area contributed by atoms with E-state index in [1.54, 1.807) is 18.3 Å². The molecule has 0 unspecified atom stereocenters. The Morgan fingerprint density at radius 1 is 0.857 bits per heavy atom. The topological polar surface area (TPSA) is 71.1 Å². The molecule has 0 spiro atoms. The minimum absolute atomic E-state index is 0.134. The fourth-order valence-electron chi connectivity index (χ4n) is 6.04. The van der Waals surface area contributed by atoms with Gasteiger partial charge in [0.1, 0.15) is 0 Å². The molecule has 0 aliphatic heterocycles. The number of hydrogen-bond acceptors (Lipinski definition) is 3. The van der Waals surface area contributed by atoms with E-state index in [1.807, 2.05) is 24.3 Å². The molecule has 4 bridgehead atoms. The summed E-state index contributed by atoms with van der Waals surface area (Å²) in [5.74, 6) is 2.06. The first kappa shape index (κ1) is 17.4. The molecule has 4 fully saturated rings. The number of hydrogen-bond donors (Lipinski definition) is 2. The molecule has 28 heavy (non-hydrogen) atoms. The van der Waals surface area contributed by atoms with Crippen LogP contribution in [0.3, 0.4) is 0 Å². The van der Waals surface area contributed by atoms with Gasteiger partial charge < -0.3 is 10.6 Å². The van der Waals surface area contributed by atoms with Crippen molar-refractivity contribution in [3.63, 3.8) is 0 Å². The van der Waals surface area contributed by atoms with Crippen LogP contribution in [0, 0.1) is 23.2 Å². The summed E-state index contributed by atoms with van der Waals surface area (Å²) in [6.07, 6.45) is 10.2. The third-order valence-electron chi connectivity index (χ3n) is 6.87. The average Bonchev–Trinajstić information content (AvgIpc) is 2.69. The molecule has 0 radical (unpaired) electrons. The lowest BCUT2D eigenvalue weighted by Crippen LogP contribution is -2.51. The van der Waals surface area contributed by atoms with E-state index in [2.05, 4.69) is 15.6 Å². The third kappa shape index (κ3) is 3.09. The zero-order valence-corrected chi connectivity index (χ0v) is 15.9. The Hall–Kier alpha value is -2.69. The van der Waals surface area contributed by atoms with Crippen molar-refractivity contribution in [1.82, 2.24) is 4.98 Å². The maximum absolute atomic E-state index is 13.3. The number of carbonyl (C=O) groups excluding carboxylic acids is 2. The molecule has 1 aromatic heterocycles. The summed E-state index contributed by atoms with van der Waals surface area (Å²) in [6.45, 7) is 0. The standard InChI is InChI=1S/C23H25N3O2/c27-21(18-4-3-7-24-14-18)25-19-5-1-2-6-20(19)26-22(28)23-11-15-8-16(12-23)10-17(9-15)13-23/h1-7,14-17H,8-13H2,(H,25,27)(H,26,28). The van der Waals surface area contributed by atoms with Gasteiger partial charge >= 0.3 is 0 Å². The fourth-order valence-corrected chi connectivity index (χ4v) is 6.04. The molecule has 5 heteroatoms. The summed E-state index contributed by atoms with van der Waals surface area (Å²) >= 11 is 0. The van der Waals surface area contributed by atoms with Crippen molar-refractivity contribution in [3.8, 4) is 0 Å². The number of anilines is 2. The van der Waals surface area contributed by atoms with Crippen molar-refractivity contribution in [2.45, 2.75) is 38.5 Å². The van der Waals surface area contributed by atoms with Gasteiger partial charge in [0.05, 0.1) is 22.4 Å². The first-order valence-corrected chi connectivity index (χ1v) is 10.2. The van der Waals surface area contributed by atoms with E-state index in [0.717, 1.165) is 37.0 Å². The molecule has 2 amide bonds. The predicted molar refractivity (Wildman–Crippen MR) is 108 cm³/mol. The Bertz CT molecular complexity index is 874. The largest absolute Gasteiger partial charge is 0.324 e. The molecule has 4 aliphatic rings. The number of aromatic nitrogens is 1. The van der Waals surface area contributed by atoms with E-state index in [9.17, 15) is 9.59 Å². The Balaban J connectivity index is 1.35. The average molecular weight is 375 g/mol. The highest BCUT2D eigenvalue weighted by atomic mass is 16.2. The van der Waals surface area contributed by atoms with Crippen LogP contribution in [0.25, 0.3) is 0 Å². The van der Waals surface area contributed by atoms with E-state index in [0.29, 0.717) is 16.9 Å². The monoisotopic (exact) mass is 375 g/mol. The van der Waals surface area contributed by atoms with E-state index in [1.165, 1.54) is 25.5 Å². The van der Waals surface area contributed by atoms with Crippen LogP contribution in [-0.4, -0.2) is 16.8 Å². The molecule has 6 rings (SSSR count). The van der Waals surface area contributed by atoms with Crippen LogP contribution in [0.5, 0.6) is 0 Å². The van der Waals surface area contributed by atoms with Crippen LogP contribution in [0.2, 0.25) is 0 Å².